The van der Waals surface area contributed by atoms with Gasteiger partial charge < -0.3 is 20.3 Å². The molecular weight excluding hydrogens is 306 g/mol. The fourth-order valence-electron chi connectivity index (χ4n) is 3.27. The number of nitrogens with zero attached hydrogens (tertiary/aromatic N) is 1. The first-order valence-electron chi connectivity index (χ1n) is 8.70. The van der Waals surface area contributed by atoms with Gasteiger partial charge >= 0.3 is 6.03 Å². The molecule has 0 bridgehead atoms. The standard InChI is InChI=1S/C18H25N3O3/c1-21-15-11-13(7-8-16(15)24-10-9-17(21)22)12-19-18(23)20-14-5-3-2-4-6-14/h7-8,11,14H,2-6,9-10,12H2,1H3,(H2,19,20,23). The molecule has 6 nitrogen and oxygen atoms in total. The van der Waals surface area contributed by atoms with Crippen molar-refractivity contribution in [2.24, 2.45) is 0 Å². The number of hydrogen-bond donors (Lipinski definition) is 2. The average Bonchev–Trinajstić information content (AvgIpc) is 2.73. The molecule has 1 aliphatic heterocycles. The van der Waals surface area contributed by atoms with Crippen LogP contribution in [0.2, 0.25) is 0 Å². The van der Waals surface area contributed by atoms with Gasteiger partial charge in [-0.1, -0.05) is 25.3 Å². The van der Waals surface area contributed by atoms with Gasteiger partial charge in [-0.25, -0.2) is 4.79 Å². The van der Waals surface area contributed by atoms with Crippen LogP contribution in [-0.2, 0) is 11.3 Å². The van der Waals surface area contributed by atoms with Crippen LogP contribution in [0.4, 0.5) is 10.5 Å². The Bertz CT molecular complexity index is 612. The lowest BCUT2D eigenvalue weighted by Crippen LogP contribution is -2.42. The summed E-state index contributed by atoms with van der Waals surface area (Å²) >= 11 is 0. The zero-order chi connectivity index (χ0) is 16.9. The van der Waals surface area contributed by atoms with Crippen LogP contribution in [-0.4, -0.2) is 31.6 Å². The molecule has 1 aromatic rings. The molecule has 1 fully saturated rings. The van der Waals surface area contributed by atoms with Crippen molar-refractivity contribution in [2.75, 3.05) is 18.6 Å². The largest absolute Gasteiger partial charge is 0.491 e. The summed E-state index contributed by atoms with van der Waals surface area (Å²) in [5, 5.41) is 5.94. The van der Waals surface area contributed by atoms with Crippen molar-refractivity contribution in [3.8, 4) is 5.75 Å². The van der Waals surface area contributed by atoms with Gasteiger partial charge in [0.2, 0.25) is 5.91 Å². The maximum atomic E-state index is 12.0. The van der Waals surface area contributed by atoms with E-state index < -0.39 is 0 Å². The van der Waals surface area contributed by atoms with Crippen LogP contribution in [0.3, 0.4) is 0 Å². The SMILES string of the molecule is CN1C(=O)CCOc2ccc(CNC(=O)NC3CCCCC3)cc21. The Hall–Kier alpha value is -2.24. The summed E-state index contributed by atoms with van der Waals surface area (Å²) < 4.78 is 5.61. The minimum atomic E-state index is -0.127. The monoisotopic (exact) mass is 331 g/mol. The number of carbonyl (C=O) groups is 2. The highest BCUT2D eigenvalue weighted by molar-refractivity contribution is 5.95. The average molecular weight is 331 g/mol. The fourth-order valence-corrected chi connectivity index (χ4v) is 3.27. The van der Waals surface area contributed by atoms with Crippen molar-refractivity contribution in [3.63, 3.8) is 0 Å². The Kier molecular flexibility index (Phi) is 5.23. The Morgan fingerprint density at radius 2 is 2.08 bits per heavy atom. The van der Waals surface area contributed by atoms with Crippen LogP contribution in [0, 0.1) is 0 Å². The van der Waals surface area contributed by atoms with Gasteiger partial charge in [-0.3, -0.25) is 4.79 Å². The van der Waals surface area contributed by atoms with E-state index in [4.69, 9.17) is 4.74 Å². The van der Waals surface area contributed by atoms with Crippen LogP contribution in [0.25, 0.3) is 0 Å². The predicted molar refractivity (Wildman–Crippen MR) is 92.2 cm³/mol. The highest BCUT2D eigenvalue weighted by atomic mass is 16.5. The number of carbonyl (C=O) groups excluding carboxylic acids is 2. The number of amides is 3. The molecule has 2 N–H and O–H groups in total. The molecule has 0 spiro atoms. The number of urea groups is 1. The summed E-state index contributed by atoms with van der Waals surface area (Å²) in [6.07, 6.45) is 6.16. The highest BCUT2D eigenvalue weighted by Crippen LogP contribution is 2.31. The van der Waals surface area contributed by atoms with Crippen LogP contribution < -0.4 is 20.3 Å². The van der Waals surface area contributed by atoms with Crippen molar-refractivity contribution >= 4 is 17.6 Å². The quantitative estimate of drug-likeness (QED) is 0.894. The second kappa shape index (κ2) is 7.55. The molecule has 2 aliphatic rings. The van der Waals surface area contributed by atoms with Gasteiger partial charge in [-0.15, -0.1) is 0 Å². The van der Waals surface area contributed by atoms with Crippen LogP contribution >= 0.6 is 0 Å². The van der Waals surface area contributed by atoms with E-state index in [9.17, 15) is 9.59 Å². The molecule has 0 aromatic heterocycles. The molecule has 130 valence electrons. The minimum Gasteiger partial charge on any atom is -0.491 e. The first-order valence-corrected chi connectivity index (χ1v) is 8.70. The van der Waals surface area contributed by atoms with E-state index in [0.29, 0.717) is 31.4 Å². The van der Waals surface area contributed by atoms with E-state index in [2.05, 4.69) is 10.6 Å². The van der Waals surface area contributed by atoms with Crippen molar-refractivity contribution in [1.82, 2.24) is 10.6 Å². The number of ether oxygens (including phenoxy) is 1. The van der Waals surface area contributed by atoms with Crippen LogP contribution in [0.1, 0.15) is 44.1 Å². The van der Waals surface area contributed by atoms with Crippen molar-refractivity contribution in [1.29, 1.82) is 0 Å². The lowest BCUT2D eigenvalue weighted by Gasteiger charge is -2.23. The third-order valence-corrected chi connectivity index (χ3v) is 4.73. The second-order valence-electron chi connectivity index (χ2n) is 6.52. The Labute approximate surface area is 142 Å². The van der Waals surface area contributed by atoms with Gasteiger partial charge in [-0.05, 0) is 30.5 Å². The molecule has 3 amide bonds. The minimum absolute atomic E-state index is 0.0360. The topological polar surface area (TPSA) is 70.7 Å². The molecule has 0 unspecified atom stereocenters. The lowest BCUT2D eigenvalue weighted by molar-refractivity contribution is -0.118. The molecule has 24 heavy (non-hydrogen) atoms. The normalized spacial score (nSPS) is 18.4. The fraction of sp³-hybridized carbons (Fsp3) is 0.556. The molecular formula is C18H25N3O3. The second-order valence-corrected chi connectivity index (χ2v) is 6.52. The van der Waals surface area contributed by atoms with Crippen molar-refractivity contribution < 1.29 is 14.3 Å². The summed E-state index contributed by atoms with van der Waals surface area (Å²) in [5.41, 5.74) is 1.70. The third-order valence-electron chi connectivity index (χ3n) is 4.73. The van der Waals surface area contributed by atoms with Gasteiger partial charge in [0.25, 0.3) is 0 Å². The van der Waals surface area contributed by atoms with Gasteiger partial charge in [0.05, 0.1) is 18.7 Å². The zero-order valence-electron chi connectivity index (χ0n) is 14.1. The Morgan fingerprint density at radius 3 is 2.88 bits per heavy atom. The summed E-state index contributed by atoms with van der Waals surface area (Å²) in [5.74, 6) is 0.743. The van der Waals surface area contributed by atoms with Crippen molar-refractivity contribution in [3.05, 3.63) is 23.8 Å². The third kappa shape index (κ3) is 3.99. The Balaban J connectivity index is 1.58. The molecule has 1 aliphatic carbocycles. The molecule has 0 atom stereocenters. The van der Waals surface area contributed by atoms with Gasteiger partial charge in [0.15, 0.2) is 0 Å². The van der Waals surface area contributed by atoms with Gasteiger partial charge in [0, 0.05) is 19.6 Å². The van der Waals surface area contributed by atoms with Crippen molar-refractivity contribution in [2.45, 2.75) is 51.1 Å². The highest BCUT2D eigenvalue weighted by Gasteiger charge is 2.20. The van der Waals surface area contributed by atoms with Gasteiger partial charge in [-0.2, -0.15) is 0 Å². The van der Waals surface area contributed by atoms with E-state index in [1.54, 1.807) is 11.9 Å². The number of nitrogens with one attached hydrogen (secondary N) is 2. The number of anilines is 1. The number of fused-ring (bicyclic) bond motifs is 1. The smallest absolute Gasteiger partial charge is 0.315 e. The maximum absolute atomic E-state index is 12.0. The van der Waals surface area contributed by atoms with Crippen LogP contribution in [0.5, 0.6) is 5.75 Å². The first kappa shape index (κ1) is 16.6. The molecule has 6 heteroatoms. The number of hydrogen-bond acceptors (Lipinski definition) is 3. The first-order chi connectivity index (χ1) is 11.6. The summed E-state index contributed by atoms with van der Waals surface area (Å²) in [6, 6.07) is 5.85. The van der Waals surface area contributed by atoms with E-state index in [1.165, 1.54) is 19.3 Å². The lowest BCUT2D eigenvalue weighted by atomic mass is 9.96. The zero-order valence-corrected chi connectivity index (χ0v) is 14.1. The Morgan fingerprint density at radius 1 is 1.29 bits per heavy atom. The summed E-state index contributed by atoms with van der Waals surface area (Å²) in [4.78, 5) is 25.6. The van der Waals surface area contributed by atoms with E-state index in [-0.39, 0.29) is 11.9 Å². The molecule has 1 heterocycles. The molecule has 0 radical (unpaired) electrons. The molecule has 1 saturated carbocycles. The molecule has 0 saturated heterocycles. The number of benzene rings is 1. The molecule has 1 aromatic carbocycles. The summed E-state index contributed by atoms with van der Waals surface area (Å²) in [6.45, 7) is 0.825. The van der Waals surface area contributed by atoms with Crippen LogP contribution in [0.15, 0.2) is 18.2 Å². The maximum Gasteiger partial charge on any atom is 0.315 e. The predicted octanol–water partition coefficient (Wildman–Crippen LogP) is 2.56. The van der Waals surface area contributed by atoms with Gasteiger partial charge in [0.1, 0.15) is 5.75 Å². The van der Waals surface area contributed by atoms with E-state index >= 15 is 0 Å². The number of rotatable bonds is 3. The summed E-state index contributed by atoms with van der Waals surface area (Å²) in [7, 11) is 1.75. The van der Waals surface area contributed by atoms with E-state index in [0.717, 1.165) is 24.1 Å². The molecule has 3 rings (SSSR count). The van der Waals surface area contributed by atoms with E-state index in [1.807, 2.05) is 18.2 Å².